The van der Waals surface area contributed by atoms with Crippen molar-refractivity contribution in [1.82, 2.24) is 9.80 Å². The van der Waals surface area contributed by atoms with Gasteiger partial charge in [0.15, 0.2) is 0 Å². The predicted octanol–water partition coefficient (Wildman–Crippen LogP) is 2.94. The van der Waals surface area contributed by atoms with E-state index in [0.717, 1.165) is 25.9 Å². The zero-order chi connectivity index (χ0) is 21.1. The van der Waals surface area contributed by atoms with Crippen LogP contribution >= 0.6 is 0 Å². The second-order valence-corrected chi connectivity index (χ2v) is 7.50. The summed E-state index contributed by atoms with van der Waals surface area (Å²) < 4.78 is 0. The summed E-state index contributed by atoms with van der Waals surface area (Å²) in [5, 5.41) is 2.81. The van der Waals surface area contributed by atoms with Crippen LogP contribution in [0.4, 0.5) is 5.69 Å². The average Bonchev–Trinajstić information content (AvgIpc) is 3.38. The molecule has 2 aromatic rings. The lowest BCUT2D eigenvalue weighted by Crippen LogP contribution is -2.31. The Balaban J connectivity index is 1.34. The number of amides is 4. The summed E-state index contributed by atoms with van der Waals surface area (Å²) in [4.78, 5) is 52.9. The lowest BCUT2D eigenvalue weighted by atomic mass is 10.1. The molecule has 4 rings (SSSR count). The summed E-state index contributed by atoms with van der Waals surface area (Å²) in [6.07, 6.45) is 2.48. The van der Waals surface area contributed by atoms with Gasteiger partial charge < -0.3 is 10.2 Å². The Labute approximate surface area is 174 Å². The standard InChI is InChI=1S/C23H23N3O4/c27-20(12-7-15-26-22(29)16-8-1-2-9-17(16)23(26)30)24-19-11-4-3-10-18(19)21(28)25-13-5-6-14-25/h1-4,8-11H,5-7,12-15H2,(H,24,27). The van der Waals surface area contributed by atoms with Gasteiger partial charge in [0.25, 0.3) is 17.7 Å². The Bertz CT molecular complexity index is 976. The maximum absolute atomic E-state index is 12.7. The van der Waals surface area contributed by atoms with Gasteiger partial charge in [-0.15, -0.1) is 0 Å². The molecule has 2 heterocycles. The summed E-state index contributed by atoms with van der Waals surface area (Å²) in [6.45, 7) is 1.65. The van der Waals surface area contributed by atoms with Crippen LogP contribution in [0.25, 0.3) is 0 Å². The van der Waals surface area contributed by atoms with Crippen molar-refractivity contribution in [3.8, 4) is 0 Å². The maximum atomic E-state index is 12.7. The van der Waals surface area contributed by atoms with E-state index < -0.39 is 0 Å². The van der Waals surface area contributed by atoms with Gasteiger partial charge in [0.05, 0.1) is 22.4 Å². The van der Waals surface area contributed by atoms with E-state index in [1.807, 2.05) is 0 Å². The van der Waals surface area contributed by atoms with Gasteiger partial charge in [0, 0.05) is 26.1 Å². The minimum Gasteiger partial charge on any atom is -0.339 e. The van der Waals surface area contributed by atoms with E-state index in [0.29, 0.717) is 28.8 Å². The molecule has 0 bridgehead atoms. The van der Waals surface area contributed by atoms with Crippen molar-refractivity contribution in [3.05, 3.63) is 65.2 Å². The fourth-order valence-electron chi connectivity index (χ4n) is 3.92. The number of nitrogens with one attached hydrogen (secondary N) is 1. The lowest BCUT2D eigenvalue weighted by molar-refractivity contribution is -0.116. The molecule has 0 unspecified atom stereocenters. The highest BCUT2D eigenvalue weighted by Crippen LogP contribution is 2.23. The van der Waals surface area contributed by atoms with Crippen LogP contribution in [0.1, 0.15) is 56.8 Å². The number of imide groups is 1. The van der Waals surface area contributed by atoms with Gasteiger partial charge in [0.2, 0.25) is 5.91 Å². The number of likely N-dealkylation sites (tertiary alicyclic amines) is 1. The zero-order valence-corrected chi connectivity index (χ0v) is 16.6. The lowest BCUT2D eigenvalue weighted by Gasteiger charge is -2.18. The molecule has 7 heteroatoms. The molecule has 0 aliphatic carbocycles. The van der Waals surface area contributed by atoms with Gasteiger partial charge in [-0.05, 0) is 43.5 Å². The molecule has 30 heavy (non-hydrogen) atoms. The van der Waals surface area contributed by atoms with Gasteiger partial charge in [-0.3, -0.25) is 24.1 Å². The van der Waals surface area contributed by atoms with E-state index >= 15 is 0 Å². The Morgan fingerprint density at radius 3 is 2.13 bits per heavy atom. The SMILES string of the molecule is O=C(CCCN1C(=O)c2ccccc2C1=O)Nc1ccccc1C(=O)N1CCCC1. The Morgan fingerprint density at radius 1 is 0.867 bits per heavy atom. The number of hydrogen-bond acceptors (Lipinski definition) is 4. The van der Waals surface area contributed by atoms with E-state index in [2.05, 4.69) is 5.32 Å². The van der Waals surface area contributed by atoms with Crippen molar-refractivity contribution in [2.24, 2.45) is 0 Å². The minimum absolute atomic E-state index is 0.0746. The van der Waals surface area contributed by atoms with E-state index in [4.69, 9.17) is 0 Å². The number of benzene rings is 2. The van der Waals surface area contributed by atoms with E-state index in [1.54, 1.807) is 53.4 Å². The van der Waals surface area contributed by atoms with Gasteiger partial charge >= 0.3 is 0 Å². The molecule has 154 valence electrons. The highest BCUT2D eigenvalue weighted by atomic mass is 16.2. The van der Waals surface area contributed by atoms with Crippen LogP contribution in [0.3, 0.4) is 0 Å². The Morgan fingerprint density at radius 2 is 1.47 bits per heavy atom. The molecule has 1 fully saturated rings. The molecule has 2 aliphatic rings. The first-order valence-electron chi connectivity index (χ1n) is 10.2. The van der Waals surface area contributed by atoms with Crippen molar-refractivity contribution < 1.29 is 19.2 Å². The van der Waals surface area contributed by atoms with Crippen molar-refractivity contribution in [1.29, 1.82) is 0 Å². The van der Waals surface area contributed by atoms with Crippen LogP contribution in [0.15, 0.2) is 48.5 Å². The highest BCUT2D eigenvalue weighted by molar-refractivity contribution is 6.21. The maximum Gasteiger partial charge on any atom is 0.261 e. The van der Waals surface area contributed by atoms with E-state index in [9.17, 15) is 19.2 Å². The van der Waals surface area contributed by atoms with Gasteiger partial charge in [-0.25, -0.2) is 0 Å². The number of hydrogen-bond donors (Lipinski definition) is 1. The number of anilines is 1. The smallest absolute Gasteiger partial charge is 0.261 e. The molecule has 1 N–H and O–H groups in total. The molecular weight excluding hydrogens is 382 g/mol. The number of carbonyl (C=O) groups excluding carboxylic acids is 4. The fourth-order valence-corrected chi connectivity index (χ4v) is 3.92. The summed E-state index contributed by atoms with van der Waals surface area (Å²) in [6, 6.07) is 13.7. The Hall–Kier alpha value is -3.48. The average molecular weight is 405 g/mol. The molecule has 0 radical (unpaired) electrons. The van der Waals surface area contributed by atoms with Crippen LogP contribution in [-0.2, 0) is 4.79 Å². The first-order valence-corrected chi connectivity index (χ1v) is 10.2. The quantitative estimate of drug-likeness (QED) is 0.749. The summed E-state index contributed by atoms with van der Waals surface area (Å²) in [5.41, 5.74) is 1.77. The summed E-state index contributed by atoms with van der Waals surface area (Å²) >= 11 is 0. The molecule has 7 nitrogen and oxygen atoms in total. The number of rotatable bonds is 6. The van der Waals surface area contributed by atoms with Crippen LogP contribution in [0, 0.1) is 0 Å². The molecule has 0 spiro atoms. The zero-order valence-electron chi connectivity index (χ0n) is 16.6. The monoisotopic (exact) mass is 405 g/mol. The molecule has 2 aliphatic heterocycles. The van der Waals surface area contributed by atoms with E-state index in [-0.39, 0.29) is 36.6 Å². The van der Waals surface area contributed by atoms with Crippen LogP contribution < -0.4 is 5.32 Å². The number of fused-ring (bicyclic) bond motifs is 1. The third-order valence-corrected chi connectivity index (χ3v) is 5.49. The Kier molecular flexibility index (Phi) is 5.61. The predicted molar refractivity (Wildman–Crippen MR) is 111 cm³/mol. The number of nitrogens with zero attached hydrogens (tertiary/aromatic N) is 2. The first kappa shape index (κ1) is 19.8. The topological polar surface area (TPSA) is 86.8 Å². The van der Waals surface area contributed by atoms with Crippen molar-refractivity contribution in [2.45, 2.75) is 25.7 Å². The molecule has 1 saturated heterocycles. The molecule has 2 aromatic carbocycles. The second-order valence-electron chi connectivity index (χ2n) is 7.50. The van der Waals surface area contributed by atoms with Gasteiger partial charge in [-0.1, -0.05) is 24.3 Å². The molecule has 0 aromatic heterocycles. The highest BCUT2D eigenvalue weighted by Gasteiger charge is 2.34. The largest absolute Gasteiger partial charge is 0.339 e. The molecule has 0 saturated carbocycles. The number of carbonyl (C=O) groups is 4. The van der Waals surface area contributed by atoms with Crippen LogP contribution in [0.2, 0.25) is 0 Å². The third kappa shape index (κ3) is 3.83. The first-order chi connectivity index (χ1) is 14.6. The van der Waals surface area contributed by atoms with Gasteiger partial charge in [0.1, 0.15) is 0 Å². The van der Waals surface area contributed by atoms with Crippen molar-refractivity contribution >= 4 is 29.3 Å². The fraction of sp³-hybridized carbons (Fsp3) is 0.304. The molecule has 4 amide bonds. The third-order valence-electron chi connectivity index (χ3n) is 5.49. The van der Waals surface area contributed by atoms with Crippen LogP contribution in [0.5, 0.6) is 0 Å². The minimum atomic E-state index is -0.322. The molecule has 0 atom stereocenters. The second kappa shape index (κ2) is 8.49. The normalized spacial score (nSPS) is 15.5. The molecular formula is C23H23N3O4. The van der Waals surface area contributed by atoms with E-state index in [1.165, 1.54) is 4.90 Å². The van der Waals surface area contributed by atoms with Gasteiger partial charge in [-0.2, -0.15) is 0 Å². The van der Waals surface area contributed by atoms with Crippen LogP contribution in [-0.4, -0.2) is 53.1 Å². The van der Waals surface area contributed by atoms with Crippen molar-refractivity contribution in [2.75, 3.05) is 25.0 Å². The number of para-hydroxylation sites is 1. The summed E-state index contributed by atoms with van der Waals surface area (Å²) in [5.74, 6) is -0.974. The summed E-state index contributed by atoms with van der Waals surface area (Å²) in [7, 11) is 0. The van der Waals surface area contributed by atoms with Crippen molar-refractivity contribution in [3.63, 3.8) is 0 Å².